The van der Waals surface area contributed by atoms with Crippen molar-refractivity contribution in [3.63, 3.8) is 0 Å². The highest BCUT2D eigenvalue weighted by molar-refractivity contribution is 6.12. The second-order valence-corrected chi connectivity index (χ2v) is 6.80. The van der Waals surface area contributed by atoms with E-state index in [4.69, 9.17) is 25.7 Å². The molecule has 2 amide bonds. The number of amidine groups is 1. The number of rotatable bonds is 8. The van der Waals surface area contributed by atoms with Gasteiger partial charge in [0, 0.05) is 11.3 Å². The second-order valence-electron chi connectivity index (χ2n) is 6.80. The monoisotopic (exact) mass is 448 g/mol. The molecule has 0 saturated heterocycles. The van der Waals surface area contributed by atoms with Crippen LogP contribution in [0.3, 0.4) is 0 Å². The summed E-state index contributed by atoms with van der Waals surface area (Å²) in [6, 6.07) is 17.0. The number of aliphatic imine (C=N–C) groups is 1. The van der Waals surface area contributed by atoms with E-state index in [1.54, 1.807) is 48.5 Å². The zero-order valence-electron chi connectivity index (χ0n) is 18.4. The molecule has 0 bridgehead atoms. The number of methoxy groups -OCH3 is 3. The van der Waals surface area contributed by atoms with Crippen molar-refractivity contribution >= 4 is 29.0 Å². The van der Waals surface area contributed by atoms with Gasteiger partial charge in [-0.1, -0.05) is 24.3 Å². The van der Waals surface area contributed by atoms with Gasteiger partial charge in [0.15, 0.2) is 11.5 Å². The fourth-order valence-electron chi connectivity index (χ4n) is 3.25. The maximum atomic E-state index is 12.4. The molecule has 0 aliphatic heterocycles. The molecule has 5 N–H and O–H groups in total. The van der Waals surface area contributed by atoms with Crippen LogP contribution in [-0.4, -0.2) is 39.0 Å². The molecule has 0 aliphatic carbocycles. The Morgan fingerprint density at radius 1 is 0.848 bits per heavy atom. The highest BCUT2D eigenvalue weighted by Gasteiger charge is 2.25. The summed E-state index contributed by atoms with van der Waals surface area (Å²) in [5.74, 6) is -0.394. The molecular formula is C24H24N4O5. The van der Waals surface area contributed by atoms with Crippen LogP contribution >= 0.6 is 0 Å². The zero-order chi connectivity index (χ0) is 24.0. The van der Waals surface area contributed by atoms with E-state index in [0.29, 0.717) is 16.9 Å². The zero-order valence-corrected chi connectivity index (χ0v) is 18.4. The Hall–Kier alpha value is -4.53. The molecule has 3 aromatic carbocycles. The third-order valence-electron chi connectivity index (χ3n) is 4.74. The molecular weight excluding hydrogens is 424 g/mol. The minimum atomic E-state index is -0.744. The normalized spacial score (nSPS) is 10.9. The molecule has 0 heterocycles. The minimum Gasteiger partial charge on any atom is -0.493 e. The summed E-state index contributed by atoms with van der Waals surface area (Å²) in [5.41, 5.74) is 13.5. The first-order valence-electron chi connectivity index (χ1n) is 9.83. The van der Waals surface area contributed by atoms with E-state index in [2.05, 4.69) is 10.3 Å². The van der Waals surface area contributed by atoms with E-state index in [1.807, 2.05) is 6.07 Å². The number of anilines is 1. The number of nitrogens with two attached hydrogens (primary N) is 2. The van der Waals surface area contributed by atoms with Crippen LogP contribution in [-0.2, 0) is 0 Å². The molecule has 3 rings (SSSR count). The summed E-state index contributed by atoms with van der Waals surface area (Å²) in [5, 5.41) is 2.81. The van der Waals surface area contributed by atoms with Crippen molar-refractivity contribution in [1.82, 2.24) is 0 Å². The first-order valence-corrected chi connectivity index (χ1v) is 9.83. The third-order valence-corrected chi connectivity index (χ3v) is 4.74. The number of carbonyl (C=O) groups is 2. The molecule has 0 spiro atoms. The van der Waals surface area contributed by atoms with E-state index < -0.39 is 5.91 Å². The van der Waals surface area contributed by atoms with Crippen LogP contribution < -0.4 is 31.0 Å². The van der Waals surface area contributed by atoms with Gasteiger partial charge in [0.25, 0.3) is 5.91 Å². The predicted octanol–water partition coefficient (Wildman–Crippen LogP) is 3.10. The molecule has 3 aromatic rings. The van der Waals surface area contributed by atoms with Gasteiger partial charge in [0.2, 0.25) is 11.7 Å². The summed E-state index contributed by atoms with van der Waals surface area (Å²) < 4.78 is 16.1. The lowest BCUT2D eigenvalue weighted by atomic mass is 10.0. The van der Waals surface area contributed by atoms with Crippen molar-refractivity contribution in [1.29, 1.82) is 0 Å². The molecule has 170 valence electrons. The quantitative estimate of drug-likeness (QED) is 0.358. The van der Waals surface area contributed by atoms with Crippen molar-refractivity contribution in [2.45, 2.75) is 0 Å². The Morgan fingerprint density at radius 2 is 1.55 bits per heavy atom. The smallest absolute Gasteiger partial charge is 0.255 e. The highest BCUT2D eigenvalue weighted by Crippen LogP contribution is 2.42. The number of carbonyl (C=O) groups excluding carboxylic acids is 2. The Kier molecular flexibility index (Phi) is 7.14. The number of amides is 2. The largest absolute Gasteiger partial charge is 0.493 e. The van der Waals surface area contributed by atoms with Crippen LogP contribution in [0.5, 0.6) is 17.2 Å². The van der Waals surface area contributed by atoms with Crippen molar-refractivity contribution in [2.24, 2.45) is 16.5 Å². The van der Waals surface area contributed by atoms with Crippen molar-refractivity contribution in [3.8, 4) is 17.2 Å². The summed E-state index contributed by atoms with van der Waals surface area (Å²) in [6.45, 7) is 0. The number of hydrogen-bond acceptors (Lipinski definition) is 6. The molecule has 0 unspecified atom stereocenters. The first-order chi connectivity index (χ1) is 15.9. The lowest BCUT2D eigenvalue weighted by Crippen LogP contribution is -2.23. The van der Waals surface area contributed by atoms with Gasteiger partial charge in [-0.05, 0) is 36.4 Å². The second kappa shape index (κ2) is 10.2. The van der Waals surface area contributed by atoms with Crippen LogP contribution in [0, 0.1) is 0 Å². The van der Waals surface area contributed by atoms with Crippen molar-refractivity contribution in [3.05, 3.63) is 77.4 Å². The van der Waals surface area contributed by atoms with Crippen LogP contribution in [0.15, 0.2) is 65.7 Å². The number of hydrogen-bond donors (Lipinski definition) is 3. The summed E-state index contributed by atoms with van der Waals surface area (Å²) in [4.78, 5) is 29.0. The van der Waals surface area contributed by atoms with E-state index >= 15 is 0 Å². The van der Waals surface area contributed by atoms with Gasteiger partial charge >= 0.3 is 0 Å². The third kappa shape index (κ3) is 5.04. The van der Waals surface area contributed by atoms with Crippen molar-refractivity contribution < 1.29 is 23.8 Å². The van der Waals surface area contributed by atoms with Crippen molar-refractivity contribution in [2.75, 3.05) is 26.6 Å². The van der Waals surface area contributed by atoms with Gasteiger partial charge in [-0.25, -0.2) is 4.99 Å². The van der Waals surface area contributed by atoms with Gasteiger partial charge in [-0.3, -0.25) is 9.59 Å². The van der Waals surface area contributed by atoms with E-state index in [9.17, 15) is 9.59 Å². The summed E-state index contributed by atoms with van der Waals surface area (Å²) >= 11 is 0. The van der Waals surface area contributed by atoms with E-state index in [-0.39, 0.29) is 40.1 Å². The Labute approximate surface area is 191 Å². The van der Waals surface area contributed by atoms with Crippen LogP contribution in [0.2, 0.25) is 0 Å². The average molecular weight is 448 g/mol. The molecule has 0 aliphatic rings. The molecule has 9 heteroatoms. The standard InChI is InChI=1S/C24H24N4O5/c1-31-18-13-17(23(26)29)19(21(33-3)20(18)32-2)22(25)27-15-10-7-11-16(12-15)28-24(30)14-8-5-4-6-9-14/h4-13H,1-3H3,(H2,25,27)(H2,26,29)(H,28,30). The Bertz CT molecular complexity index is 1210. The van der Waals surface area contributed by atoms with Gasteiger partial charge in [-0.15, -0.1) is 0 Å². The van der Waals surface area contributed by atoms with Gasteiger partial charge < -0.3 is 31.0 Å². The Morgan fingerprint density at radius 3 is 2.15 bits per heavy atom. The van der Waals surface area contributed by atoms with Gasteiger partial charge in [-0.2, -0.15) is 0 Å². The molecule has 0 atom stereocenters. The minimum absolute atomic E-state index is 0.0341. The van der Waals surface area contributed by atoms with Crippen LogP contribution in [0.4, 0.5) is 11.4 Å². The van der Waals surface area contributed by atoms with Gasteiger partial charge in [0.1, 0.15) is 5.84 Å². The molecule has 33 heavy (non-hydrogen) atoms. The summed E-state index contributed by atoms with van der Waals surface area (Å²) in [6.07, 6.45) is 0. The lowest BCUT2D eigenvalue weighted by molar-refractivity contribution is 0.0996. The summed E-state index contributed by atoms with van der Waals surface area (Å²) in [7, 11) is 4.26. The average Bonchev–Trinajstić information content (AvgIpc) is 2.83. The molecule has 9 nitrogen and oxygen atoms in total. The van der Waals surface area contributed by atoms with E-state index in [0.717, 1.165) is 0 Å². The molecule has 0 fully saturated rings. The number of nitrogens with zero attached hydrogens (tertiary/aromatic N) is 1. The van der Waals surface area contributed by atoms with Crippen LogP contribution in [0.25, 0.3) is 0 Å². The topological polar surface area (TPSA) is 138 Å². The number of benzene rings is 3. The maximum Gasteiger partial charge on any atom is 0.255 e. The maximum absolute atomic E-state index is 12.4. The number of nitrogens with one attached hydrogen (secondary N) is 1. The fraction of sp³-hybridized carbons (Fsp3) is 0.125. The fourth-order valence-corrected chi connectivity index (χ4v) is 3.25. The Balaban J connectivity index is 2.02. The van der Waals surface area contributed by atoms with Crippen LogP contribution in [0.1, 0.15) is 26.3 Å². The highest BCUT2D eigenvalue weighted by atomic mass is 16.5. The lowest BCUT2D eigenvalue weighted by Gasteiger charge is -2.18. The number of primary amides is 1. The first kappa shape index (κ1) is 23.1. The molecule has 0 saturated carbocycles. The SMILES string of the molecule is COc1cc(C(N)=O)c(C(N)=Nc2cccc(NC(=O)c3ccccc3)c2)c(OC)c1OC. The predicted molar refractivity (Wildman–Crippen MR) is 126 cm³/mol. The van der Waals surface area contributed by atoms with E-state index in [1.165, 1.54) is 27.4 Å². The molecule has 0 radical (unpaired) electrons. The number of ether oxygens (including phenoxy) is 3. The van der Waals surface area contributed by atoms with Gasteiger partial charge in [0.05, 0.1) is 38.1 Å². The molecule has 0 aromatic heterocycles.